The van der Waals surface area contributed by atoms with Crippen molar-refractivity contribution in [2.24, 2.45) is 5.41 Å². The average Bonchev–Trinajstić information content (AvgIpc) is 2.35. The average molecular weight is 387 g/mol. The molecule has 2 aliphatic rings. The molecule has 0 aromatic carbocycles. The molecule has 0 unspecified atom stereocenters. The number of rotatable bonds is 2. The summed E-state index contributed by atoms with van der Waals surface area (Å²) in [7, 11) is 0. The van der Waals surface area contributed by atoms with Gasteiger partial charge >= 0.3 is 0 Å². The van der Waals surface area contributed by atoms with Gasteiger partial charge in [-0.25, -0.2) is 0 Å². The van der Waals surface area contributed by atoms with Gasteiger partial charge in [-0.1, -0.05) is 20.3 Å². The van der Waals surface area contributed by atoms with Crippen molar-refractivity contribution < 1.29 is 10.2 Å². The molecule has 0 bridgehead atoms. The Hall–Kier alpha value is -0.200. The lowest BCUT2D eigenvalue weighted by molar-refractivity contribution is 0.0237. The smallest absolute Gasteiger partial charge is 0.0823 e. The zero-order valence-electron chi connectivity index (χ0n) is 12.1. The summed E-state index contributed by atoms with van der Waals surface area (Å²) in [6.07, 6.45) is 5.18. The van der Waals surface area contributed by atoms with Gasteiger partial charge in [0.25, 0.3) is 0 Å². The van der Waals surface area contributed by atoms with E-state index in [1.165, 1.54) is 19.3 Å². The fraction of sp³-hybridized carbons (Fsp3) is 0.688. The van der Waals surface area contributed by atoms with E-state index in [2.05, 4.69) is 36.4 Å². The van der Waals surface area contributed by atoms with Crippen LogP contribution < -0.4 is 0 Å². The van der Waals surface area contributed by atoms with Crippen LogP contribution in [0.4, 0.5) is 0 Å². The lowest BCUT2D eigenvalue weighted by atomic mass is 9.60. The number of aliphatic hydroxyl groups is 2. The van der Waals surface area contributed by atoms with Crippen LogP contribution in [0.2, 0.25) is 0 Å². The molecule has 1 fully saturated rings. The normalized spacial score (nSPS) is 23.8. The Bertz CT molecular complexity index is 538. The number of fused-ring (bicyclic) bond motifs is 1. The Morgan fingerprint density at radius 1 is 1.40 bits per heavy atom. The largest absolute Gasteiger partial charge is 0.392 e. The summed E-state index contributed by atoms with van der Waals surface area (Å²) in [4.78, 5) is 4.85. The first-order chi connectivity index (χ1) is 9.47. The van der Waals surface area contributed by atoms with Crippen molar-refractivity contribution in [1.82, 2.24) is 4.98 Å². The lowest BCUT2D eigenvalue weighted by Crippen LogP contribution is -2.38. The monoisotopic (exact) mass is 387 g/mol. The molecule has 0 aliphatic heterocycles. The zero-order chi connectivity index (χ0) is 14.5. The van der Waals surface area contributed by atoms with E-state index in [0.29, 0.717) is 11.3 Å². The van der Waals surface area contributed by atoms with E-state index in [1.54, 1.807) is 0 Å². The summed E-state index contributed by atoms with van der Waals surface area (Å²) in [6.45, 7) is 4.23. The highest BCUT2D eigenvalue weighted by atomic mass is 127. The molecule has 3 nitrogen and oxygen atoms in total. The van der Waals surface area contributed by atoms with Crippen molar-refractivity contribution in [2.45, 2.75) is 64.6 Å². The second-order valence-electron chi connectivity index (χ2n) is 6.71. The van der Waals surface area contributed by atoms with Gasteiger partial charge in [-0.3, -0.25) is 4.98 Å². The molecule has 1 saturated carbocycles. The van der Waals surface area contributed by atoms with Crippen LogP contribution in [-0.2, 0) is 13.0 Å². The number of pyridine rings is 1. The Kier molecular flexibility index (Phi) is 3.84. The van der Waals surface area contributed by atoms with Crippen molar-refractivity contribution in [3.05, 3.63) is 26.1 Å². The molecule has 1 heterocycles. The number of halogens is 1. The van der Waals surface area contributed by atoms with Crippen LogP contribution in [0.25, 0.3) is 0 Å². The molecule has 1 aromatic rings. The van der Waals surface area contributed by atoms with Gasteiger partial charge in [0.2, 0.25) is 0 Å². The van der Waals surface area contributed by atoms with Crippen LogP contribution in [0.15, 0.2) is 0 Å². The van der Waals surface area contributed by atoms with Crippen LogP contribution >= 0.6 is 22.6 Å². The van der Waals surface area contributed by atoms with E-state index >= 15 is 0 Å². The van der Waals surface area contributed by atoms with Gasteiger partial charge in [0.05, 0.1) is 12.7 Å². The van der Waals surface area contributed by atoms with E-state index in [1.807, 2.05) is 0 Å². The maximum absolute atomic E-state index is 10.6. The molecular formula is C16H22INO2. The van der Waals surface area contributed by atoms with E-state index in [-0.39, 0.29) is 6.61 Å². The minimum atomic E-state index is -0.412. The van der Waals surface area contributed by atoms with E-state index < -0.39 is 6.10 Å². The van der Waals surface area contributed by atoms with E-state index in [4.69, 9.17) is 4.98 Å². The molecule has 0 amide bonds. The van der Waals surface area contributed by atoms with Crippen LogP contribution in [0.1, 0.15) is 74.1 Å². The van der Waals surface area contributed by atoms with Gasteiger partial charge in [-0.15, -0.1) is 0 Å². The topological polar surface area (TPSA) is 53.4 Å². The van der Waals surface area contributed by atoms with Crippen molar-refractivity contribution in [1.29, 1.82) is 0 Å². The molecular weight excluding hydrogens is 365 g/mol. The molecule has 0 radical (unpaired) electrons. The van der Waals surface area contributed by atoms with Crippen molar-refractivity contribution in [3.8, 4) is 0 Å². The van der Waals surface area contributed by atoms with Crippen molar-refractivity contribution >= 4 is 22.6 Å². The third kappa shape index (κ3) is 2.20. The maximum atomic E-state index is 10.6. The quantitative estimate of drug-likeness (QED) is 0.765. The number of aromatic nitrogens is 1. The van der Waals surface area contributed by atoms with Gasteiger partial charge in [0, 0.05) is 26.1 Å². The molecule has 1 aromatic heterocycles. The van der Waals surface area contributed by atoms with E-state index in [9.17, 15) is 10.2 Å². The summed E-state index contributed by atoms with van der Waals surface area (Å²) in [5.74, 6) is 0.298. The van der Waals surface area contributed by atoms with Gasteiger partial charge in [-0.2, -0.15) is 0 Å². The van der Waals surface area contributed by atoms with Crippen LogP contribution in [-0.4, -0.2) is 15.2 Å². The Morgan fingerprint density at radius 3 is 2.60 bits per heavy atom. The van der Waals surface area contributed by atoms with Crippen LogP contribution in [0.5, 0.6) is 0 Å². The summed E-state index contributed by atoms with van der Waals surface area (Å²) in [5, 5.41) is 20.2. The molecule has 0 saturated heterocycles. The Balaban J connectivity index is 2.13. The fourth-order valence-corrected chi connectivity index (χ4v) is 4.89. The highest BCUT2D eigenvalue weighted by Crippen LogP contribution is 2.54. The first kappa shape index (κ1) is 14.7. The molecule has 2 aliphatic carbocycles. The molecule has 4 heteroatoms. The van der Waals surface area contributed by atoms with Gasteiger partial charge < -0.3 is 10.2 Å². The third-order valence-electron chi connectivity index (χ3n) is 5.00. The first-order valence-electron chi connectivity index (χ1n) is 7.47. The highest BCUT2D eigenvalue weighted by Gasteiger charge is 2.44. The fourth-order valence-electron chi connectivity index (χ4n) is 3.77. The van der Waals surface area contributed by atoms with Gasteiger partial charge in [0.15, 0.2) is 0 Å². The van der Waals surface area contributed by atoms with Crippen LogP contribution in [0.3, 0.4) is 0 Å². The van der Waals surface area contributed by atoms with Gasteiger partial charge in [-0.05, 0) is 59.6 Å². The Labute approximate surface area is 134 Å². The second-order valence-corrected chi connectivity index (χ2v) is 7.79. The number of hydrogen-bond donors (Lipinski definition) is 2. The third-order valence-corrected chi connectivity index (χ3v) is 6.23. The van der Waals surface area contributed by atoms with E-state index in [0.717, 1.165) is 38.9 Å². The minimum absolute atomic E-state index is 0.00390. The standard InChI is InChI=1S/C16H22INO2/c1-9(2)15-10(8-19)14(17)13-11(18-15)6-16(4-3-5-16)7-12(13)20/h9,12,19-20H,3-8H2,1-2H3/t12-/m0/s1. The molecule has 1 atom stereocenters. The zero-order valence-corrected chi connectivity index (χ0v) is 14.3. The van der Waals surface area contributed by atoms with Crippen LogP contribution in [0, 0.1) is 8.99 Å². The maximum Gasteiger partial charge on any atom is 0.0823 e. The first-order valence-corrected chi connectivity index (χ1v) is 8.55. The second kappa shape index (κ2) is 5.21. The van der Waals surface area contributed by atoms with Crippen molar-refractivity contribution in [2.75, 3.05) is 0 Å². The molecule has 3 rings (SSSR count). The predicted molar refractivity (Wildman–Crippen MR) is 86.5 cm³/mol. The number of hydrogen-bond acceptors (Lipinski definition) is 3. The molecule has 20 heavy (non-hydrogen) atoms. The number of aliphatic hydroxyl groups excluding tert-OH is 2. The highest BCUT2D eigenvalue weighted by molar-refractivity contribution is 14.1. The SMILES string of the molecule is CC(C)c1nc2c(c(I)c1CO)[C@@H](O)CC1(CCC1)C2. The molecule has 2 N–H and O–H groups in total. The summed E-state index contributed by atoms with van der Waals surface area (Å²) in [6, 6.07) is 0. The predicted octanol–water partition coefficient (Wildman–Crippen LogP) is 3.45. The Morgan fingerprint density at radius 2 is 2.10 bits per heavy atom. The summed E-state index contributed by atoms with van der Waals surface area (Å²) in [5.41, 5.74) is 4.27. The lowest BCUT2D eigenvalue weighted by Gasteiger charge is -2.47. The summed E-state index contributed by atoms with van der Waals surface area (Å²) < 4.78 is 1.03. The van der Waals surface area contributed by atoms with Gasteiger partial charge in [0.1, 0.15) is 0 Å². The molecule has 1 spiro atoms. The number of nitrogens with zero attached hydrogens (tertiary/aromatic N) is 1. The van der Waals surface area contributed by atoms with Crippen molar-refractivity contribution in [3.63, 3.8) is 0 Å². The minimum Gasteiger partial charge on any atom is -0.392 e. The molecule has 110 valence electrons. The summed E-state index contributed by atoms with van der Waals surface area (Å²) >= 11 is 2.28.